The summed E-state index contributed by atoms with van der Waals surface area (Å²) in [4.78, 5) is 0. The molecule has 0 aromatic carbocycles. The highest BCUT2D eigenvalue weighted by Crippen LogP contribution is 2.54. The molecule has 0 heterocycles. The predicted molar refractivity (Wildman–Crippen MR) is 40.7 cm³/mol. The summed E-state index contributed by atoms with van der Waals surface area (Å²) in [6, 6.07) is 0.580. The molecule has 1 unspecified atom stereocenters. The minimum Gasteiger partial charge on any atom is -0.327 e. The maximum Gasteiger partial charge on any atom is 0.00957 e. The summed E-state index contributed by atoms with van der Waals surface area (Å²) in [5.41, 5.74) is 6.50. The first-order valence-electron chi connectivity index (χ1n) is 3.59. The Kier molecular flexibility index (Phi) is 1.75. The van der Waals surface area contributed by atoms with E-state index in [1.807, 2.05) is 0 Å². The van der Waals surface area contributed by atoms with Gasteiger partial charge in [-0.1, -0.05) is 6.42 Å². The first-order valence-corrected chi connectivity index (χ1v) is 3.59. The van der Waals surface area contributed by atoms with Gasteiger partial charge in [0.2, 0.25) is 0 Å². The lowest BCUT2D eigenvalue weighted by Crippen LogP contribution is -2.54. The van der Waals surface area contributed by atoms with Crippen molar-refractivity contribution in [2.75, 3.05) is 0 Å². The Balaban J connectivity index is 0.000000405. The summed E-state index contributed by atoms with van der Waals surface area (Å²) in [6.07, 6.45) is 7.00. The number of rotatable bonds is 0. The fourth-order valence-corrected chi connectivity index (χ4v) is 1.97. The molecule has 1 atom stereocenters. The van der Waals surface area contributed by atoms with Gasteiger partial charge in [-0.3, -0.25) is 0 Å². The minimum absolute atomic E-state index is 0. The maximum absolute atomic E-state index is 5.82. The average Bonchev–Trinajstić information content (AvgIpc) is 1.58. The topological polar surface area (TPSA) is 26.0 Å². The Bertz CT molecular complexity index is 104. The molecule has 9 heavy (non-hydrogen) atoms. The molecule has 2 fully saturated rings. The molecule has 0 saturated heterocycles. The van der Waals surface area contributed by atoms with E-state index in [-0.39, 0.29) is 12.4 Å². The van der Waals surface area contributed by atoms with Crippen LogP contribution in [0, 0.1) is 5.41 Å². The molecule has 2 N–H and O–H groups in total. The molecule has 2 rings (SSSR count). The van der Waals surface area contributed by atoms with Crippen molar-refractivity contribution >= 4 is 12.4 Å². The summed E-state index contributed by atoms with van der Waals surface area (Å²) in [6.45, 7) is 0. The third-order valence-electron chi connectivity index (χ3n) is 3.09. The van der Waals surface area contributed by atoms with Crippen LogP contribution in [0.3, 0.4) is 0 Å². The summed E-state index contributed by atoms with van der Waals surface area (Å²) in [5, 5.41) is 0. The largest absolute Gasteiger partial charge is 0.327 e. The Hall–Kier alpha value is 0.250. The third-order valence-corrected chi connectivity index (χ3v) is 3.09. The van der Waals surface area contributed by atoms with Crippen LogP contribution in [0.1, 0.15) is 32.1 Å². The van der Waals surface area contributed by atoms with Crippen LogP contribution in [0.25, 0.3) is 0 Å². The normalized spacial score (nSPS) is 36.3. The van der Waals surface area contributed by atoms with Crippen molar-refractivity contribution in [2.24, 2.45) is 11.1 Å². The van der Waals surface area contributed by atoms with Gasteiger partial charge in [-0.2, -0.15) is 0 Å². The molecule has 1 spiro atoms. The Morgan fingerprint density at radius 3 is 1.89 bits per heavy atom. The van der Waals surface area contributed by atoms with Gasteiger partial charge in [-0.25, -0.2) is 0 Å². The molecule has 0 radical (unpaired) electrons. The zero-order valence-electron chi connectivity index (χ0n) is 5.60. The van der Waals surface area contributed by atoms with Gasteiger partial charge in [0.15, 0.2) is 0 Å². The van der Waals surface area contributed by atoms with Gasteiger partial charge in [-0.05, 0) is 31.1 Å². The van der Waals surface area contributed by atoms with Gasteiger partial charge < -0.3 is 5.73 Å². The van der Waals surface area contributed by atoms with E-state index in [2.05, 4.69) is 0 Å². The molecular formula is C7H14ClN. The fourth-order valence-electron chi connectivity index (χ4n) is 1.97. The molecular weight excluding hydrogens is 134 g/mol. The van der Waals surface area contributed by atoms with E-state index in [4.69, 9.17) is 5.73 Å². The van der Waals surface area contributed by atoms with Gasteiger partial charge in [0, 0.05) is 6.04 Å². The quantitative estimate of drug-likeness (QED) is 0.555. The van der Waals surface area contributed by atoms with Crippen LogP contribution in [0.15, 0.2) is 0 Å². The number of hydrogen-bond acceptors (Lipinski definition) is 1. The number of halogens is 1. The van der Waals surface area contributed by atoms with Crippen molar-refractivity contribution in [1.82, 2.24) is 0 Å². The van der Waals surface area contributed by atoms with Crippen LogP contribution >= 0.6 is 12.4 Å². The lowest BCUT2D eigenvalue weighted by atomic mass is 9.53. The molecule has 1 nitrogen and oxygen atoms in total. The fraction of sp³-hybridized carbons (Fsp3) is 1.00. The van der Waals surface area contributed by atoms with Crippen LogP contribution in [0.5, 0.6) is 0 Å². The van der Waals surface area contributed by atoms with Crippen molar-refractivity contribution < 1.29 is 0 Å². The second-order valence-corrected chi connectivity index (χ2v) is 3.36. The molecule has 0 bridgehead atoms. The zero-order valence-corrected chi connectivity index (χ0v) is 6.41. The highest BCUT2D eigenvalue weighted by atomic mass is 35.5. The van der Waals surface area contributed by atoms with E-state index in [9.17, 15) is 0 Å². The SMILES string of the molecule is Cl.NC1CCC12CCC2. The van der Waals surface area contributed by atoms with Crippen LogP contribution in [-0.4, -0.2) is 6.04 Å². The van der Waals surface area contributed by atoms with Gasteiger partial charge in [-0.15, -0.1) is 12.4 Å². The summed E-state index contributed by atoms with van der Waals surface area (Å²) in [7, 11) is 0. The maximum atomic E-state index is 5.82. The number of nitrogens with two attached hydrogens (primary N) is 1. The van der Waals surface area contributed by atoms with Gasteiger partial charge in [0.1, 0.15) is 0 Å². The monoisotopic (exact) mass is 147 g/mol. The van der Waals surface area contributed by atoms with E-state index in [0.29, 0.717) is 11.5 Å². The van der Waals surface area contributed by atoms with E-state index in [1.54, 1.807) is 0 Å². The Morgan fingerprint density at radius 1 is 1.22 bits per heavy atom. The van der Waals surface area contributed by atoms with E-state index < -0.39 is 0 Å². The summed E-state index contributed by atoms with van der Waals surface area (Å²) < 4.78 is 0. The first kappa shape index (κ1) is 7.36. The second kappa shape index (κ2) is 2.14. The molecule has 2 heteroatoms. The standard InChI is InChI=1S/C7H13N.ClH/c8-6-2-5-7(6)3-1-4-7;/h6H,1-5,8H2;1H. The summed E-state index contributed by atoms with van der Waals surface area (Å²) >= 11 is 0. The average molecular weight is 148 g/mol. The van der Waals surface area contributed by atoms with Crippen LogP contribution in [0.2, 0.25) is 0 Å². The van der Waals surface area contributed by atoms with E-state index in [1.165, 1.54) is 32.1 Å². The molecule has 2 saturated carbocycles. The lowest BCUT2D eigenvalue weighted by Gasteiger charge is -2.54. The third kappa shape index (κ3) is 0.786. The van der Waals surface area contributed by atoms with Crippen LogP contribution < -0.4 is 5.73 Å². The predicted octanol–water partition coefficient (Wildman–Crippen LogP) is 1.70. The Labute approximate surface area is 62.4 Å². The van der Waals surface area contributed by atoms with Crippen LogP contribution in [-0.2, 0) is 0 Å². The zero-order chi connectivity index (χ0) is 5.61. The highest BCUT2D eigenvalue weighted by molar-refractivity contribution is 5.85. The van der Waals surface area contributed by atoms with Crippen molar-refractivity contribution in [3.63, 3.8) is 0 Å². The van der Waals surface area contributed by atoms with Crippen molar-refractivity contribution in [2.45, 2.75) is 38.1 Å². The van der Waals surface area contributed by atoms with E-state index in [0.717, 1.165) is 0 Å². The molecule has 0 amide bonds. The Morgan fingerprint density at radius 2 is 1.89 bits per heavy atom. The molecule has 2 aliphatic carbocycles. The first-order chi connectivity index (χ1) is 3.83. The highest BCUT2D eigenvalue weighted by Gasteiger charge is 2.48. The second-order valence-electron chi connectivity index (χ2n) is 3.36. The lowest BCUT2D eigenvalue weighted by molar-refractivity contribution is 0.00253. The molecule has 2 aliphatic rings. The molecule has 0 aromatic rings. The number of hydrogen-bond donors (Lipinski definition) is 1. The molecule has 0 aliphatic heterocycles. The van der Waals surface area contributed by atoms with Gasteiger partial charge in [0.05, 0.1) is 0 Å². The van der Waals surface area contributed by atoms with Gasteiger partial charge >= 0.3 is 0 Å². The van der Waals surface area contributed by atoms with Crippen molar-refractivity contribution in [1.29, 1.82) is 0 Å². The summed E-state index contributed by atoms with van der Waals surface area (Å²) in [5.74, 6) is 0. The molecule has 0 aromatic heterocycles. The minimum atomic E-state index is 0. The van der Waals surface area contributed by atoms with E-state index >= 15 is 0 Å². The van der Waals surface area contributed by atoms with Crippen molar-refractivity contribution in [3.05, 3.63) is 0 Å². The van der Waals surface area contributed by atoms with Crippen molar-refractivity contribution in [3.8, 4) is 0 Å². The van der Waals surface area contributed by atoms with Gasteiger partial charge in [0.25, 0.3) is 0 Å². The smallest absolute Gasteiger partial charge is 0.00957 e. The van der Waals surface area contributed by atoms with Crippen LogP contribution in [0.4, 0.5) is 0 Å². The molecule has 54 valence electrons.